The molecule has 1 saturated heterocycles. The molecule has 0 unspecified atom stereocenters. The van der Waals surface area contributed by atoms with Crippen molar-refractivity contribution in [2.24, 2.45) is 0 Å². The molecular weight excluding hydrogens is 240 g/mol. The lowest BCUT2D eigenvalue weighted by molar-refractivity contribution is 0.0892. The van der Waals surface area contributed by atoms with Crippen LogP contribution in [0.2, 0.25) is 0 Å². The molecule has 4 nitrogen and oxygen atoms in total. The second kappa shape index (κ2) is 4.70. The Morgan fingerprint density at radius 2 is 2.32 bits per heavy atom. The van der Waals surface area contributed by atoms with Gasteiger partial charge in [-0.3, -0.25) is 9.69 Å². The van der Waals surface area contributed by atoms with Crippen molar-refractivity contribution in [2.45, 2.75) is 18.9 Å². The summed E-state index contributed by atoms with van der Waals surface area (Å²) in [6.07, 6.45) is 3.87. The van der Waals surface area contributed by atoms with Crippen LogP contribution >= 0.6 is 0 Å². The number of ketones is 1. The van der Waals surface area contributed by atoms with Crippen molar-refractivity contribution in [1.29, 1.82) is 0 Å². The summed E-state index contributed by atoms with van der Waals surface area (Å²) in [6.45, 7) is 1.01. The summed E-state index contributed by atoms with van der Waals surface area (Å²) in [6, 6.07) is 5.80. The number of carbonyl (C=O) groups is 1. The van der Waals surface area contributed by atoms with Crippen LogP contribution in [0, 0.1) is 0 Å². The molecule has 0 amide bonds. The van der Waals surface area contributed by atoms with E-state index in [0.29, 0.717) is 0 Å². The van der Waals surface area contributed by atoms with Crippen molar-refractivity contribution < 1.29 is 9.53 Å². The number of ether oxygens (including phenoxy) is 1. The zero-order valence-corrected chi connectivity index (χ0v) is 11.3. The number of hydrogen-bond acceptors (Lipinski definition) is 3. The highest BCUT2D eigenvalue weighted by atomic mass is 16.5. The fourth-order valence-corrected chi connectivity index (χ4v) is 2.86. The molecule has 0 radical (unpaired) electrons. The summed E-state index contributed by atoms with van der Waals surface area (Å²) >= 11 is 0. The molecule has 0 saturated carbocycles. The van der Waals surface area contributed by atoms with Gasteiger partial charge in [0.25, 0.3) is 0 Å². The third-order valence-corrected chi connectivity index (χ3v) is 3.98. The maximum absolute atomic E-state index is 12.6. The van der Waals surface area contributed by atoms with Crippen LogP contribution in [0.15, 0.2) is 24.4 Å². The second-order valence-electron chi connectivity index (χ2n) is 5.12. The van der Waals surface area contributed by atoms with Crippen molar-refractivity contribution in [3.8, 4) is 5.75 Å². The number of likely N-dealkylation sites (N-methyl/N-ethyl adjacent to an activating group) is 1. The van der Waals surface area contributed by atoms with Crippen LogP contribution in [-0.2, 0) is 0 Å². The number of aromatic nitrogens is 1. The monoisotopic (exact) mass is 258 g/mol. The molecule has 1 aliphatic rings. The molecule has 1 aromatic carbocycles. The first-order chi connectivity index (χ1) is 9.20. The predicted octanol–water partition coefficient (Wildman–Crippen LogP) is 2.45. The second-order valence-corrected chi connectivity index (χ2v) is 5.12. The van der Waals surface area contributed by atoms with E-state index < -0.39 is 0 Å². The third-order valence-electron chi connectivity index (χ3n) is 3.98. The summed E-state index contributed by atoms with van der Waals surface area (Å²) in [5.41, 5.74) is 1.74. The highest BCUT2D eigenvalue weighted by Crippen LogP contribution is 2.27. The Kier molecular flexibility index (Phi) is 3.03. The van der Waals surface area contributed by atoms with Crippen molar-refractivity contribution in [2.75, 3.05) is 20.7 Å². The quantitative estimate of drug-likeness (QED) is 0.860. The minimum atomic E-state index is 0.0288. The van der Waals surface area contributed by atoms with E-state index in [4.69, 9.17) is 4.74 Å². The molecule has 2 heterocycles. The summed E-state index contributed by atoms with van der Waals surface area (Å²) in [5.74, 6) is 1.02. The van der Waals surface area contributed by atoms with Crippen molar-refractivity contribution in [1.82, 2.24) is 9.88 Å². The molecule has 3 rings (SSSR count). The first-order valence-electron chi connectivity index (χ1n) is 6.60. The van der Waals surface area contributed by atoms with Gasteiger partial charge >= 0.3 is 0 Å². The molecule has 1 N–H and O–H groups in total. The van der Waals surface area contributed by atoms with Gasteiger partial charge in [-0.25, -0.2) is 0 Å². The Balaban J connectivity index is 1.99. The summed E-state index contributed by atoms with van der Waals surface area (Å²) in [5, 5.41) is 0.978. The van der Waals surface area contributed by atoms with E-state index in [1.54, 1.807) is 7.11 Å². The molecule has 0 bridgehead atoms. The van der Waals surface area contributed by atoms with Crippen molar-refractivity contribution in [3.05, 3.63) is 30.0 Å². The van der Waals surface area contributed by atoms with Gasteiger partial charge in [-0.15, -0.1) is 0 Å². The Morgan fingerprint density at radius 3 is 3.00 bits per heavy atom. The number of nitrogens with zero attached hydrogens (tertiary/aromatic N) is 1. The van der Waals surface area contributed by atoms with Crippen LogP contribution in [0.5, 0.6) is 5.75 Å². The van der Waals surface area contributed by atoms with Crippen LogP contribution in [0.4, 0.5) is 0 Å². The smallest absolute Gasteiger partial charge is 0.182 e. The van der Waals surface area contributed by atoms with Gasteiger partial charge in [0.15, 0.2) is 5.78 Å². The van der Waals surface area contributed by atoms with Gasteiger partial charge in [0.2, 0.25) is 0 Å². The number of carbonyl (C=O) groups excluding carboxylic acids is 1. The Hall–Kier alpha value is -1.81. The molecule has 1 fully saturated rings. The van der Waals surface area contributed by atoms with E-state index in [-0.39, 0.29) is 11.8 Å². The fourth-order valence-electron chi connectivity index (χ4n) is 2.86. The standard InChI is InChI=1S/C15H18N2O2/c1-17-7-3-4-14(17)15(18)12-9-16-13-8-10(19-2)5-6-11(12)13/h5-6,8-9,14,16H,3-4,7H2,1-2H3/t14-/m1/s1. The molecule has 19 heavy (non-hydrogen) atoms. The minimum Gasteiger partial charge on any atom is -0.497 e. The van der Waals surface area contributed by atoms with Gasteiger partial charge in [-0.2, -0.15) is 0 Å². The number of rotatable bonds is 3. The molecule has 2 aromatic rings. The normalized spacial score (nSPS) is 20.0. The lowest BCUT2D eigenvalue weighted by atomic mass is 10.0. The fraction of sp³-hybridized carbons (Fsp3) is 0.400. The number of aromatic amines is 1. The average Bonchev–Trinajstić information content (AvgIpc) is 3.03. The maximum Gasteiger partial charge on any atom is 0.182 e. The first-order valence-corrected chi connectivity index (χ1v) is 6.60. The molecule has 4 heteroatoms. The first kappa shape index (κ1) is 12.2. The zero-order valence-electron chi connectivity index (χ0n) is 11.3. The van der Waals surface area contributed by atoms with Crippen LogP contribution < -0.4 is 4.74 Å². The maximum atomic E-state index is 12.6. The third kappa shape index (κ3) is 2.02. The molecule has 1 aromatic heterocycles. The summed E-state index contributed by atoms with van der Waals surface area (Å²) < 4.78 is 5.20. The highest BCUT2D eigenvalue weighted by molar-refractivity contribution is 6.10. The lowest BCUT2D eigenvalue weighted by Crippen LogP contribution is -2.32. The summed E-state index contributed by atoms with van der Waals surface area (Å²) in [7, 11) is 3.66. The van der Waals surface area contributed by atoms with E-state index in [9.17, 15) is 4.79 Å². The van der Waals surface area contributed by atoms with E-state index in [1.807, 2.05) is 31.4 Å². The molecule has 1 atom stereocenters. The largest absolute Gasteiger partial charge is 0.497 e. The topological polar surface area (TPSA) is 45.3 Å². The van der Waals surface area contributed by atoms with E-state index in [1.165, 1.54) is 0 Å². The predicted molar refractivity (Wildman–Crippen MR) is 74.8 cm³/mol. The van der Waals surface area contributed by atoms with E-state index in [0.717, 1.165) is 41.6 Å². The van der Waals surface area contributed by atoms with Gasteiger partial charge in [0, 0.05) is 28.7 Å². The Labute approximate surface area is 112 Å². The van der Waals surface area contributed by atoms with E-state index in [2.05, 4.69) is 9.88 Å². The van der Waals surface area contributed by atoms with Gasteiger partial charge in [0.05, 0.1) is 13.2 Å². The minimum absolute atomic E-state index is 0.0288. The zero-order chi connectivity index (χ0) is 13.4. The van der Waals surface area contributed by atoms with E-state index >= 15 is 0 Å². The number of benzene rings is 1. The molecular formula is C15H18N2O2. The molecule has 1 aliphatic heterocycles. The van der Waals surface area contributed by atoms with Crippen molar-refractivity contribution in [3.63, 3.8) is 0 Å². The SMILES string of the molecule is COc1ccc2c(C(=O)[C@H]3CCCN3C)c[nH]c2c1. The van der Waals surface area contributed by atoms with Crippen molar-refractivity contribution >= 4 is 16.7 Å². The van der Waals surface area contributed by atoms with Crippen LogP contribution in [0.1, 0.15) is 23.2 Å². The van der Waals surface area contributed by atoms with Gasteiger partial charge < -0.3 is 9.72 Å². The average molecular weight is 258 g/mol. The number of fused-ring (bicyclic) bond motifs is 1. The number of H-pyrrole nitrogens is 1. The number of nitrogens with one attached hydrogen (secondary N) is 1. The van der Waals surface area contributed by atoms with Gasteiger partial charge in [-0.1, -0.05) is 0 Å². The Bertz CT molecular complexity index is 618. The number of methoxy groups -OCH3 is 1. The van der Waals surface area contributed by atoms with Gasteiger partial charge in [0.1, 0.15) is 5.75 Å². The van der Waals surface area contributed by atoms with Crippen LogP contribution in [-0.4, -0.2) is 42.4 Å². The molecule has 0 spiro atoms. The molecule has 0 aliphatic carbocycles. The number of hydrogen-bond donors (Lipinski definition) is 1. The summed E-state index contributed by atoms with van der Waals surface area (Å²) in [4.78, 5) is 17.9. The van der Waals surface area contributed by atoms with Crippen LogP contribution in [0.25, 0.3) is 10.9 Å². The number of Topliss-reactive ketones (excluding diaryl/α,β-unsaturated/α-hetero) is 1. The van der Waals surface area contributed by atoms with Crippen LogP contribution in [0.3, 0.4) is 0 Å². The Morgan fingerprint density at radius 1 is 1.47 bits per heavy atom. The molecule has 100 valence electrons. The number of likely N-dealkylation sites (tertiary alicyclic amines) is 1. The van der Waals surface area contributed by atoms with Gasteiger partial charge in [-0.05, 0) is 38.6 Å². The highest BCUT2D eigenvalue weighted by Gasteiger charge is 2.29. The lowest BCUT2D eigenvalue weighted by Gasteiger charge is -2.17.